The molecule has 0 amide bonds. The summed E-state index contributed by atoms with van der Waals surface area (Å²) in [5.74, 6) is 4.16. The smallest absolute Gasteiger partial charge is 0.335 e. The highest BCUT2D eigenvalue weighted by atomic mass is 16.4. The largest absolute Gasteiger partial charge is 0.478 e. The van der Waals surface area contributed by atoms with Crippen LogP contribution in [0.5, 0.6) is 0 Å². The molecule has 3 N–H and O–H groups in total. The second-order valence-corrected chi connectivity index (χ2v) is 5.04. The van der Waals surface area contributed by atoms with E-state index in [0.29, 0.717) is 5.56 Å². The third kappa shape index (κ3) is 11.0. The van der Waals surface area contributed by atoms with Crippen molar-refractivity contribution >= 4 is 5.97 Å². The summed E-state index contributed by atoms with van der Waals surface area (Å²) < 4.78 is 0. The first-order valence-corrected chi connectivity index (χ1v) is 5.79. The first kappa shape index (κ1) is 17.2. The molecule has 1 aromatic rings. The van der Waals surface area contributed by atoms with Crippen LogP contribution >= 0.6 is 0 Å². The molecule has 1 aromatic carbocycles. The predicted octanol–water partition coefficient (Wildman–Crippen LogP) is 1.92. The minimum Gasteiger partial charge on any atom is -0.478 e. The topological polar surface area (TPSA) is 77.8 Å². The Morgan fingerprint density at radius 1 is 0.947 bits per heavy atom. The lowest BCUT2D eigenvalue weighted by atomic mass is 10.1. The van der Waals surface area contributed by atoms with Gasteiger partial charge in [0.25, 0.3) is 0 Å². The molecule has 0 bridgehead atoms. The van der Waals surface area contributed by atoms with Crippen LogP contribution in [0.15, 0.2) is 30.3 Å². The minimum atomic E-state index is -1.01. The quantitative estimate of drug-likeness (QED) is 0.677. The van der Waals surface area contributed by atoms with Gasteiger partial charge in [0.2, 0.25) is 0 Å². The van der Waals surface area contributed by atoms with Gasteiger partial charge in [-0.2, -0.15) is 0 Å². The summed E-state index contributed by atoms with van der Waals surface area (Å²) in [6, 6.07) is 8.30. The molecule has 0 saturated carbocycles. The highest BCUT2D eigenvalue weighted by molar-refractivity contribution is 5.87. The Morgan fingerprint density at radius 2 is 1.32 bits per heavy atom. The molecule has 4 heteroatoms. The normalized spacial score (nSPS) is 10.6. The lowest BCUT2D eigenvalue weighted by Gasteiger charge is -2.10. The number of aliphatic hydroxyl groups is 2. The molecule has 0 spiro atoms. The van der Waals surface area contributed by atoms with Gasteiger partial charge in [0, 0.05) is 0 Å². The summed E-state index contributed by atoms with van der Waals surface area (Å²) in [5, 5.41) is 26.6. The standard InChI is InChI=1S/C8H14O2.C7H6O2/c1-7(2,9)5-6-8(3,4)10;8-7(9)6-4-2-1-3-5-6/h9-10H,1-4H3;1-5H,(H,8,9). The summed E-state index contributed by atoms with van der Waals surface area (Å²) in [5.41, 5.74) is -1.70. The van der Waals surface area contributed by atoms with Crippen LogP contribution in [0.3, 0.4) is 0 Å². The van der Waals surface area contributed by atoms with Crippen molar-refractivity contribution in [2.75, 3.05) is 0 Å². The zero-order valence-corrected chi connectivity index (χ0v) is 11.6. The van der Waals surface area contributed by atoms with E-state index >= 15 is 0 Å². The lowest BCUT2D eigenvalue weighted by Crippen LogP contribution is -2.20. The summed E-state index contributed by atoms with van der Waals surface area (Å²) in [4.78, 5) is 10.2. The predicted molar refractivity (Wildman–Crippen MR) is 73.8 cm³/mol. The number of hydrogen-bond donors (Lipinski definition) is 3. The number of hydrogen-bond acceptors (Lipinski definition) is 3. The number of rotatable bonds is 1. The van der Waals surface area contributed by atoms with Gasteiger partial charge in [0.1, 0.15) is 11.2 Å². The van der Waals surface area contributed by atoms with Crippen molar-refractivity contribution in [2.24, 2.45) is 0 Å². The molecule has 104 valence electrons. The van der Waals surface area contributed by atoms with E-state index in [2.05, 4.69) is 11.8 Å². The number of aromatic carboxylic acids is 1. The van der Waals surface area contributed by atoms with Crippen molar-refractivity contribution in [2.45, 2.75) is 38.9 Å². The first-order chi connectivity index (χ1) is 8.51. The molecule has 0 fully saturated rings. The van der Waals surface area contributed by atoms with Gasteiger partial charge in [0.05, 0.1) is 5.56 Å². The molecule has 0 atom stereocenters. The molecule has 1 rings (SSSR count). The molecule has 0 aromatic heterocycles. The van der Waals surface area contributed by atoms with Gasteiger partial charge < -0.3 is 15.3 Å². The van der Waals surface area contributed by atoms with E-state index < -0.39 is 17.2 Å². The Bertz CT molecular complexity index is 435. The van der Waals surface area contributed by atoms with Crippen molar-refractivity contribution in [3.63, 3.8) is 0 Å². The molecule has 0 unspecified atom stereocenters. The van der Waals surface area contributed by atoms with E-state index in [1.165, 1.54) is 0 Å². The maximum Gasteiger partial charge on any atom is 0.335 e. The molecule has 4 nitrogen and oxygen atoms in total. The maximum atomic E-state index is 10.2. The fourth-order valence-electron chi connectivity index (χ4n) is 0.887. The van der Waals surface area contributed by atoms with Crippen LogP contribution in [0.4, 0.5) is 0 Å². The van der Waals surface area contributed by atoms with Gasteiger partial charge in [-0.1, -0.05) is 30.0 Å². The van der Waals surface area contributed by atoms with E-state index in [4.69, 9.17) is 15.3 Å². The highest BCUT2D eigenvalue weighted by Crippen LogP contribution is 2.01. The maximum absolute atomic E-state index is 10.2. The van der Waals surface area contributed by atoms with Crippen molar-refractivity contribution in [3.8, 4) is 11.8 Å². The third-order valence-corrected chi connectivity index (χ3v) is 1.70. The molecule has 0 saturated heterocycles. The van der Waals surface area contributed by atoms with E-state index in [1.54, 1.807) is 58.0 Å². The molecule has 0 radical (unpaired) electrons. The third-order valence-electron chi connectivity index (χ3n) is 1.70. The van der Waals surface area contributed by atoms with Crippen LogP contribution in [0, 0.1) is 11.8 Å². The SMILES string of the molecule is CC(C)(O)C#CC(C)(C)O.O=C(O)c1ccccc1. The average molecular weight is 264 g/mol. The van der Waals surface area contributed by atoms with Crippen molar-refractivity contribution in [3.05, 3.63) is 35.9 Å². The Hall–Kier alpha value is -1.83. The van der Waals surface area contributed by atoms with Crippen LogP contribution in [0.2, 0.25) is 0 Å². The van der Waals surface area contributed by atoms with Crippen LogP contribution < -0.4 is 0 Å². The van der Waals surface area contributed by atoms with Gasteiger partial charge in [-0.25, -0.2) is 4.79 Å². The molecule has 19 heavy (non-hydrogen) atoms. The van der Waals surface area contributed by atoms with Crippen LogP contribution in [0.1, 0.15) is 38.1 Å². The van der Waals surface area contributed by atoms with Crippen LogP contribution in [-0.4, -0.2) is 32.5 Å². The van der Waals surface area contributed by atoms with Gasteiger partial charge in [0.15, 0.2) is 0 Å². The fraction of sp³-hybridized carbons (Fsp3) is 0.400. The Kier molecular flexibility index (Phi) is 6.26. The zero-order chi connectivity index (χ0) is 15.1. The Labute approximate surface area is 113 Å². The molecule has 0 aliphatic heterocycles. The van der Waals surface area contributed by atoms with Crippen molar-refractivity contribution in [1.82, 2.24) is 0 Å². The highest BCUT2D eigenvalue weighted by Gasteiger charge is 2.10. The number of carboxylic acids is 1. The molecular formula is C15H20O4. The van der Waals surface area contributed by atoms with E-state index in [1.807, 2.05) is 0 Å². The summed E-state index contributed by atoms with van der Waals surface area (Å²) in [6.45, 7) is 6.30. The van der Waals surface area contributed by atoms with Crippen molar-refractivity contribution < 1.29 is 20.1 Å². The molecule has 0 aliphatic carbocycles. The average Bonchev–Trinajstić information content (AvgIpc) is 2.27. The van der Waals surface area contributed by atoms with E-state index in [9.17, 15) is 4.79 Å². The summed E-state index contributed by atoms with van der Waals surface area (Å²) in [7, 11) is 0. The summed E-state index contributed by atoms with van der Waals surface area (Å²) >= 11 is 0. The van der Waals surface area contributed by atoms with Crippen LogP contribution in [0.25, 0.3) is 0 Å². The van der Waals surface area contributed by atoms with Crippen molar-refractivity contribution in [1.29, 1.82) is 0 Å². The Balaban J connectivity index is 0.000000342. The second-order valence-electron chi connectivity index (χ2n) is 5.04. The fourth-order valence-corrected chi connectivity index (χ4v) is 0.887. The Morgan fingerprint density at radius 3 is 1.53 bits per heavy atom. The molecular weight excluding hydrogens is 244 g/mol. The first-order valence-electron chi connectivity index (χ1n) is 5.79. The van der Waals surface area contributed by atoms with Gasteiger partial charge in [-0.05, 0) is 39.8 Å². The van der Waals surface area contributed by atoms with E-state index in [-0.39, 0.29) is 0 Å². The summed E-state index contributed by atoms with van der Waals surface area (Å²) in [6.07, 6.45) is 0. The molecule has 0 aliphatic rings. The molecule has 0 heterocycles. The zero-order valence-electron chi connectivity index (χ0n) is 11.6. The lowest BCUT2D eigenvalue weighted by molar-refractivity contribution is 0.0696. The van der Waals surface area contributed by atoms with Crippen LogP contribution in [-0.2, 0) is 0 Å². The number of carbonyl (C=O) groups is 1. The number of carboxylic acid groups (broad SMARTS) is 1. The van der Waals surface area contributed by atoms with E-state index in [0.717, 1.165) is 0 Å². The monoisotopic (exact) mass is 264 g/mol. The number of benzene rings is 1. The van der Waals surface area contributed by atoms with Gasteiger partial charge in [-0.15, -0.1) is 0 Å². The van der Waals surface area contributed by atoms with Gasteiger partial charge >= 0.3 is 5.97 Å². The van der Waals surface area contributed by atoms with Gasteiger partial charge in [-0.3, -0.25) is 0 Å². The second kappa shape index (κ2) is 6.93. The minimum absolute atomic E-state index is 0.331.